The molecule has 0 aliphatic carbocycles. The maximum absolute atomic E-state index is 12.3. The lowest BCUT2D eigenvalue weighted by molar-refractivity contribution is 0.0942. The molecule has 0 saturated carbocycles. The molecular weight excluding hydrogens is 306 g/mol. The number of rotatable bonds is 5. The second-order valence-electron chi connectivity index (χ2n) is 5.38. The van der Waals surface area contributed by atoms with E-state index in [9.17, 15) is 4.79 Å². The quantitative estimate of drug-likeness (QED) is 0.774. The van der Waals surface area contributed by atoms with E-state index in [1.54, 1.807) is 30.7 Å². The highest BCUT2D eigenvalue weighted by Crippen LogP contribution is 2.19. The third-order valence-electron chi connectivity index (χ3n) is 3.42. The van der Waals surface area contributed by atoms with Gasteiger partial charge in [-0.15, -0.1) is 0 Å². The first-order valence-electron chi connectivity index (χ1n) is 7.41. The van der Waals surface area contributed by atoms with Crippen molar-refractivity contribution in [3.63, 3.8) is 0 Å². The summed E-state index contributed by atoms with van der Waals surface area (Å²) in [5.41, 5.74) is 1.92. The van der Waals surface area contributed by atoms with Crippen LogP contribution in [0.3, 0.4) is 0 Å². The van der Waals surface area contributed by atoms with Gasteiger partial charge in [0.15, 0.2) is 11.5 Å². The van der Waals surface area contributed by atoms with Gasteiger partial charge in [0.1, 0.15) is 5.82 Å². The second-order valence-corrected chi connectivity index (χ2v) is 5.38. The molecule has 3 rings (SSSR count). The van der Waals surface area contributed by atoms with Crippen molar-refractivity contribution in [3.8, 4) is 11.3 Å². The fourth-order valence-electron chi connectivity index (χ4n) is 2.26. The van der Waals surface area contributed by atoms with Gasteiger partial charge in [-0.25, -0.2) is 4.98 Å². The summed E-state index contributed by atoms with van der Waals surface area (Å²) in [6, 6.07) is 9.00. The molecule has 7 nitrogen and oxygen atoms in total. The highest BCUT2D eigenvalue weighted by Gasteiger charge is 2.14. The van der Waals surface area contributed by atoms with E-state index in [0.717, 1.165) is 16.9 Å². The maximum Gasteiger partial charge on any atom is 0.273 e. The Balaban J connectivity index is 1.69. The van der Waals surface area contributed by atoms with Gasteiger partial charge in [-0.05, 0) is 18.2 Å². The minimum atomic E-state index is -0.303. The van der Waals surface area contributed by atoms with Crippen molar-refractivity contribution in [2.45, 2.75) is 6.54 Å². The summed E-state index contributed by atoms with van der Waals surface area (Å²) >= 11 is 0. The molecule has 0 spiro atoms. The van der Waals surface area contributed by atoms with Crippen molar-refractivity contribution in [1.29, 1.82) is 0 Å². The molecule has 0 fully saturated rings. The highest BCUT2D eigenvalue weighted by molar-refractivity contribution is 5.93. The minimum absolute atomic E-state index is 0.226. The largest absolute Gasteiger partial charge is 0.362 e. The first kappa shape index (κ1) is 15.7. The average Bonchev–Trinajstić information content (AvgIpc) is 3.11. The zero-order valence-electron chi connectivity index (χ0n) is 13.4. The molecule has 0 atom stereocenters. The van der Waals surface area contributed by atoms with E-state index in [-0.39, 0.29) is 11.6 Å². The summed E-state index contributed by atoms with van der Waals surface area (Å²) in [5, 5.41) is 6.65. The van der Waals surface area contributed by atoms with Crippen LogP contribution in [0, 0.1) is 0 Å². The van der Waals surface area contributed by atoms with Crippen LogP contribution in [0.15, 0.2) is 53.4 Å². The average molecular weight is 323 g/mol. The molecular formula is C17H17N5O2. The van der Waals surface area contributed by atoms with Gasteiger partial charge in [-0.3, -0.25) is 9.78 Å². The number of hydrogen-bond donors (Lipinski definition) is 1. The highest BCUT2D eigenvalue weighted by atomic mass is 16.5. The van der Waals surface area contributed by atoms with Crippen molar-refractivity contribution in [3.05, 3.63) is 60.2 Å². The van der Waals surface area contributed by atoms with Gasteiger partial charge in [0.2, 0.25) is 0 Å². The van der Waals surface area contributed by atoms with Crippen LogP contribution in [-0.4, -0.2) is 35.1 Å². The number of carbonyl (C=O) groups excluding carboxylic acids is 1. The number of nitrogens with one attached hydrogen (secondary N) is 1. The van der Waals surface area contributed by atoms with E-state index in [1.807, 2.05) is 37.2 Å². The normalized spacial score (nSPS) is 10.4. The van der Waals surface area contributed by atoms with Crippen molar-refractivity contribution in [2.75, 3.05) is 19.0 Å². The molecule has 1 amide bonds. The van der Waals surface area contributed by atoms with E-state index < -0.39 is 0 Å². The van der Waals surface area contributed by atoms with Crippen molar-refractivity contribution in [1.82, 2.24) is 20.4 Å². The van der Waals surface area contributed by atoms with Crippen LogP contribution < -0.4 is 10.2 Å². The van der Waals surface area contributed by atoms with Crippen LogP contribution in [0.1, 0.15) is 16.1 Å². The first-order chi connectivity index (χ1) is 11.6. The molecule has 0 aliphatic heterocycles. The SMILES string of the molecule is CN(C)c1ncccc1CNC(=O)c1cc(-c2cccnc2)on1. The van der Waals surface area contributed by atoms with Crippen LogP contribution in [0.2, 0.25) is 0 Å². The lowest BCUT2D eigenvalue weighted by atomic mass is 10.2. The number of hydrogen-bond acceptors (Lipinski definition) is 6. The zero-order valence-corrected chi connectivity index (χ0v) is 13.4. The van der Waals surface area contributed by atoms with Gasteiger partial charge in [0.05, 0.1) is 0 Å². The molecule has 0 aromatic carbocycles. The van der Waals surface area contributed by atoms with Gasteiger partial charge in [0, 0.05) is 56.4 Å². The number of amides is 1. The summed E-state index contributed by atoms with van der Waals surface area (Å²) < 4.78 is 5.21. The molecule has 24 heavy (non-hydrogen) atoms. The van der Waals surface area contributed by atoms with E-state index >= 15 is 0 Å². The Labute approximate surface area is 139 Å². The minimum Gasteiger partial charge on any atom is -0.362 e. The predicted octanol–water partition coefficient (Wildman–Crippen LogP) is 2.13. The van der Waals surface area contributed by atoms with Gasteiger partial charge >= 0.3 is 0 Å². The van der Waals surface area contributed by atoms with Crippen molar-refractivity contribution >= 4 is 11.7 Å². The molecule has 0 unspecified atom stereocenters. The summed E-state index contributed by atoms with van der Waals surface area (Å²) in [4.78, 5) is 22.5. The van der Waals surface area contributed by atoms with E-state index in [2.05, 4.69) is 20.4 Å². The zero-order chi connectivity index (χ0) is 16.9. The predicted molar refractivity (Wildman–Crippen MR) is 89.5 cm³/mol. The number of anilines is 1. The number of pyridine rings is 2. The molecule has 0 aliphatic rings. The second kappa shape index (κ2) is 6.91. The molecule has 3 heterocycles. The van der Waals surface area contributed by atoms with Gasteiger partial charge in [-0.1, -0.05) is 11.2 Å². The molecule has 3 aromatic heterocycles. The van der Waals surface area contributed by atoms with Crippen LogP contribution in [-0.2, 0) is 6.54 Å². The Morgan fingerprint density at radius 2 is 2.08 bits per heavy atom. The van der Waals surface area contributed by atoms with Crippen molar-refractivity contribution in [2.24, 2.45) is 0 Å². The van der Waals surface area contributed by atoms with E-state index in [0.29, 0.717) is 12.3 Å². The third-order valence-corrected chi connectivity index (χ3v) is 3.42. The van der Waals surface area contributed by atoms with Gasteiger partial charge in [0.25, 0.3) is 5.91 Å². The number of carbonyl (C=O) groups is 1. The smallest absolute Gasteiger partial charge is 0.273 e. The summed E-state index contributed by atoms with van der Waals surface area (Å²) in [5.74, 6) is 1.01. The third kappa shape index (κ3) is 3.40. The van der Waals surface area contributed by atoms with Crippen LogP contribution in [0.25, 0.3) is 11.3 Å². The molecule has 0 radical (unpaired) electrons. The number of aromatic nitrogens is 3. The topological polar surface area (TPSA) is 84.2 Å². The Bertz CT molecular complexity index is 830. The standard InChI is InChI=1S/C17H17N5O2/c1-22(2)16-13(6-4-8-19-16)11-20-17(23)14-9-15(24-21-14)12-5-3-7-18-10-12/h3-10H,11H2,1-2H3,(H,20,23). The van der Waals surface area contributed by atoms with E-state index in [1.165, 1.54) is 0 Å². The summed E-state index contributed by atoms with van der Waals surface area (Å²) in [7, 11) is 3.82. The first-order valence-corrected chi connectivity index (χ1v) is 7.41. The lowest BCUT2D eigenvalue weighted by Crippen LogP contribution is -2.24. The van der Waals surface area contributed by atoms with Gasteiger partial charge < -0.3 is 14.7 Å². The number of nitrogens with zero attached hydrogens (tertiary/aromatic N) is 4. The van der Waals surface area contributed by atoms with Crippen LogP contribution >= 0.6 is 0 Å². The molecule has 3 aromatic rings. The fourth-order valence-corrected chi connectivity index (χ4v) is 2.26. The Hall–Kier alpha value is -3.22. The fraction of sp³-hybridized carbons (Fsp3) is 0.176. The monoisotopic (exact) mass is 323 g/mol. The molecule has 122 valence electrons. The van der Waals surface area contributed by atoms with Crippen LogP contribution in [0.5, 0.6) is 0 Å². The molecule has 0 saturated heterocycles. The van der Waals surface area contributed by atoms with Gasteiger partial charge in [-0.2, -0.15) is 0 Å². The molecule has 0 bridgehead atoms. The molecule has 1 N–H and O–H groups in total. The van der Waals surface area contributed by atoms with Crippen LogP contribution in [0.4, 0.5) is 5.82 Å². The Kier molecular flexibility index (Phi) is 4.51. The van der Waals surface area contributed by atoms with Crippen molar-refractivity contribution < 1.29 is 9.32 Å². The lowest BCUT2D eigenvalue weighted by Gasteiger charge is -2.15. The Morgan fingerprint density at radius 1 is 1.25 bits per heavy atom. The maximum atomic E-state index is 12.3. The summed E-state index contributed by atoms with van der Waals surface area (Å²) in [6.07, 6.45) is 5.05. The van der Waals surface area contributed by atoms with E-state index in [4.69, 9.17) is 4.52 Å². The summed E-state index contributed by atoms with van der Waals surface area (Å²) in [6.45, 7) is 0.356. The molecule has 7 heteroatoms. The Morgan fingerprint density at radius 3 is 2.83 bits per heavy atom.